The Hall–Kier alpha value is -2.36. The number of carbonyl (C=O) groups excluding carboxylic acids is 1. The van der Waals surface area contributed by atoms with Gasteiger partial charge in [-0.05, 0) is 49.7 Å². The van der Waals surface area contributed by atoms with Gasteiger partial charge in [-0.25, -0.2) is 17.5 Å². The van der Waals surface area contributed by atoms with Crippen molar-refractivity contribution in [2.24, 2.45) is 0 Å². The van der Waals surface area contributed by atoms with E-state index in [1.54, 1.807) is 48.8 Å². The summed E-state index contributed by atoms with van der Waals surface area (Å²) in [7, 11) is 0. The number of aromatic nitrogens is 4. The fraction of sp³-hybridized carbons (Fsp3) is 0.364. The number of alkyl halides is 4. The molecule has 1 unspecified atom stereocenters. The Labute approximate surface area is 222 Å². The second-order valence-corrected chi connectivity index (χ2v) is 9.86. The van der Waals surface area contributed by atoms with Crippen LogP contribution in [0.15, 0.2) is 36.5 Å². The second kappa shape index (κ2) is 10.2. The van der Waals surface area contributed by atoms with Gasteiger partial charge in [0, 0.05) is 34.1 Å². The number of nitrogens with zero attached hydrogens (tertiary/aromatic N) is 6. The molecule has 0 saturated carbocycles. The maximum atomic E-state index is 13.2. The van der Waals surface area contributed by atoms with Crippen LogP contribution in [-0.4, -0.2) is 58.0 Å². The number of likely N-dealkylation sites (tertiary alicyclic amines) is 1. The van der Waals surface area contributed by atoms with Crippen molar-refractivity contribution in [2.75, 3.05) is 13.1 Å². The van der Waals surface area contributed by atoms with E-state index in [-0.39, 0.29) is 29.6 Å². The van der Waals surface area contributed by atoms with Crippen LogP contribution in [0.1, 0.15) is 52.3 Å². The van der Waals surface area contributed by atoms with E-state index < -0.39 is 30.2 Å². The van der Waals surface area contributed by atoms with Crippen LogP contribution in [0.2, 0.25) is 5.02 Å². The Bertz CT molecular complexity index is 1270. The smallest absolute Gasteiger partial charge is 0.373 e. The van der Waals surface area contributed by atoms with Crippen LogP contribution in [-0.2, 0) is 6.18 Å². The summed E-state index contributed by atoms with van der Waals surface area (Å²) >= 11 is 7.67. The molecule has 4 rings (SSSR count). The van der Waals surface area contributed by atoms with E-state index in [1.165, 1.54) is 25.0 Å². The summed E-state index contributed by atoms with van der Waals surface area (Å²) in [5.74, 6) is 0.762. The first kappa shape index (κ1) is 26.7. The molecule has 1 aromatic carbocycles. The lowest BCUT2D eigenvalue weighted by Crippen LogP contribution is -2.51. The number of benzene rings is 1. The number of hydrogen-bond acceptors (Lipinski definition) is 6. The molecular formula is C22H20ClF4IN6O2. The van der Waals surface area contributed by atoms with Gasteiger partial charge >= 0.3 is 6.18 Å². The molecule has 14 heteroatoms. The lowest BCUT2D eigenvalue weighted by atomic mass is 10.1. The van der Waals surface area contributed by atoms with Gasteiger partial charge in [-0.15, -0.1) is 5.10 Å². The highest BCUT2D eigenvalue weighted by Gasteiger charge is 2.34. The molecule has 1 aliphatic rings. The van der Waals surface area contributed by atoms with Gasteiger partial charge in [-0.2, -0.15) is 17.9 Å². The minimum absolute atomic E-state index is 0.0404. The number of carbonyl (C=O) groups is 1. The van der Waals surface area contributed by atoms with Crippen molar-refractivity contribution < 1.29 is 27.5 Å². The van der Waals surface area contributed by atoms with Crippen molar-refractivity contribution in [2.45, 2.75) is 38.5 Å². The molecule has 1 amide bonds. The van der Waals surface area contributed by atoms with E-state index >= 15 is 0 Å². The van der Waals surface area contributed by atoms with Gasteiger partial charge in [-0.3, -0.25) is 4.79 Å². The quantitative estimate of drug-likeness (QED) is 0.180. The average Bonchev–Trinajstić information content (AvgIpc) is 3.20. The van der Waals surface area contributed by atoms with Crippen LogP contribution in [0.5, 0.6) is 0 Å². The summed E-state index contributed by atoms with van der Waals surface area (Å²) in [4.78, 5) is 22.5. The topological polar surface area (TPSA) is 87.4 Å². The standard InChI is InChI=1S/C22H20ClF4IN6O2/c1-11(33(28)21(36)14-5-15(22(25,26)27)7-16(23)6-14)19-30-12(2)31-34(19)18-4-3-13(8-29-18)20(35)32-9-17(24)10-32/h3-8,11,17,21,36H,9-10H2,1-2H3/t11-,21?/m0/s1. The number of pyridine rings is 1. The summed E-state index contributed by atoms with van der Waals surface area (Å²) in [5.41, 5.74) is -0.717. The Kier molecular flexibility index (Phi) is 7.55. The number of aliphatic hydroxyl groups is 1. The van der Waals surface area contributed by atoms with Crippen LogP contribution in [0.4, 0.5) is 17.6 Å². The molecule has 1 saturated heterocycles. The predicted octanol–water partition coefficient (Wildman–Crippen LogP) is 4.84. The number of rotatable bonds is 6. The largest absolute Gasteiger partial charge is 0.416 e. The summed E-state index contributed by atoms with van der Waals surface area (Å²) in [6.45, 7) is 3.45. The Morgan fingerprint density at radius 3 is 2.56 bits per heavy atom. The lowest BCUT2D eigenvalue weighted by Gasteiger charge is -2.34. The highest BCUT2D eigenvalue weighted by atomic mass is 127. The van der Waals surface area contributed by atoms with Gasteiger partial charge < -0.3 is 10.0 Å². The average molecular weight is 639 g/mol. The van der Waals surface area contributed by atoms with E-state index in [0.29, 0.717) is 23.0 Å². The van der Waals surface area contributed by atoms with Gasteiger partial charge in [0.15, 0.2) is 11.6 Å². The van der Waals surface area contributed by atoms with Gasteiger partial charge in [0.1, 0.15) is 18.2 Å². The molecule has 2 atom stereocenters. The molecule has 2 aromatic heterocycles. The number of amides is 1. The zero-order chi connectivity index (χ0) is 26.4. The summed E-state index contributed by atoms with van der Waals surface area (Å²) in [6.07, 6.45) is -5.73. The molecule has 3 heterocycles. The minimum Gasteiger partial charge on any atom is -0.373 e. The van der Waals surface area contributed by atoms with Crippen LogP contribution in [0, 0.1) is 6.92 Å². The van der Waals surface area contributed by atoms with Gasteiger partial charge in [0.05, 0.1) is 30.3 Å². The third-order valence-corrected chi connectivity index (χ3v) is 7.18. The maximum Gasteiger partial charge on any atom is 0.416 e. The molecule has 36 heavy (non-hydrogen) atoms. The van der Waals surface area contributed by atoms with E-state index in [2.05, 4.69) is 15.1 Å². The van der Waals surface area contributed by atoms with Crippen LogP contribution in [0.3, 0.4) is 0 Å². The zero-order valence-electron chi connectivity index (χ0n) is 18.9. The third-order valence-electron chi connectivity index (χ3n) is 5.60. The normalized spacial score (nSPS) is 16.2. The molecule has 0 aliphatic carbocycles. The fourth-order valence-electron chi connectivity index (χ4n) is 3.67. The van der Waals surface area contributed by atoms with E-state index in [1.807, 2.05) is 0 Å². The highest BCUT2D eigenvalue weighted by molar-refractivity contribution is 14.1. The number of aryl methyl sites for hydroxylation is 1. The molecule has 1 aliphatic heterocycles. The monoisotopic (exact) mass is 638 g/mol. The van der Waals surface area contributed by atoms with Crippen LogP contribution < -0.4 is 0 Å². The third kappa shape index (κ3) is 5.48. The first-order valence-corrected chi connectivity index (χ1v) is 12.0. The molecule has 0 bridgehead atoms. The number of aliphatic hydroxyl groups excluding tert-OH is 1. The molecular weight excluding hydrogens is 619 g/mol. The van der Waals surface area contributed by atoms with Crippen LogP contribution in [0.25, 0.3) is 5.82 Å². The molecule has 1 N–H and O–H groups in total. The van der Waals surface area contributed by atoms with E-state index in [4.69, 9.17) is 11.6 Å². The SMILES string of the molecule is Cc1nc([C@H](C)N(I)C(O)c2cc(Cl)cc(C(F)(F)F)c2)n(-c2ccc(C(=O)N3CC(F)C3)cn2)n1. The van der Waals surface area contributed by atoms with Crippen molar-refractivity contribution in [3.05, 3.63) is 69.9 Å². The van der Waals surface area contributed by atoms with Crippen molar-refractivity contribution in [3.63, 3.8) is 0 Å². The highest BCUT2D eigenvalue weighted by Crippen LogP contribution is 2.37. The number of halogens is 6. The Balaban J connectivity index is 1.58. The molecule has 0 spiro atoms. The first-order valence-electron chi connectivity index (χ1n) is 10.7. The zero-order valence-corrected chi connectivity index (χ0v) is 21.8. The summed E-state index contributed by atoms with van der Waals surface area (Å²) < 4.78 is 55.5. The van der Waals surface area contributed by atoms with E-state index in [9.17, 15) is 27.5 Å². The van der Waals surface area contributed by atoms with Gasteiger partial charge in [0.25, 0.3) is 5.91 Å². The Morgan fingerprint density at radius 2 is 1.97 bits per heavy atom. The van der Waals surface area contributed by atoms with Crippen molar-refractivity contribution in [3.8, 4) is 5.82 Å². The first-order chi connectivity index (χ1) is 16.8. The van der Waals surface area contributed by atoms with Crippen molar-refractivity contribution >= 4 is 40.4 Å². The van der Waals surface area contributed by atoms with Crippen molar-refractivity contribution in [1.29, 1.82) is 0 Å². The fourth-order valence-corrected chi connectivity index (χ4v) is 4.49. The summed E-state index contributed by atoms with van der Waals surface area (Å²) in [5, 5.41) is 15.0. The number of hydrogen-bond donors (Lipinski definition) is 1. The molecule has 3 aromatic rings. The minimum atomic E-state index is -4.62. The lowest BCUT2D eigenvalue weighted by molar-refractivity contribution is -0.137. The molecule has 192 valence electrons. The van der Waals surface area contributed by atoms with E-state index in [0.717, 1.165) is 12.1 Å². The molecule has 0 radical (unpaired) electrons. The maximum absolute atomic E-state index is 13.2. The summed E-state index contributed by atoms with van der Waals surface area (Å²) in [6, 6.07) is 5.35. The van der Waals surface area contributed by atoms with Gasteiger partial charge in [0.2, 0.25) is 0 Å². The molecule has 1 fully saturated rings. The van der Waals surface area contributed by atoms with Gasteiger partial charge in [-0.1, -0.05) is 11.6 Å². The second-order valence-electron chi connectivity index (χ2n) is 8.31. The predicted molar refractivity (Wildman–Crippen MR) is 130 cm³/mol. The Morgan fingerprint density at radius 1 is 1.28 bits per heavy atom. The van der Waals surface area contributed by atoms with Crippen LogP contribution >= 0.6 is 34.5 Å². The molecule has 8 nitrogen and oxygen atoms in total. The van der Waals surface area contributed by atoms with Crippen molar-refractivity contribution in [1.82, 2.24) is 27.8 Å².